The van der Waals surface area contributed by atoms with Crippen molar-refractivity contribution in [3.63, 3.8) is 0 Å². The van der Waals surface area contributed by atoms with Gasteiger partial charge < -0.3 is 5.11 Å². The summed E-state index contributed by atoms with van der Waals surface area (Å²) in [4.78, 5) is 3.96. The van der Waals surface area contributed by atoms with Gasteiger partial charge in [0.25, 0.3) is 0 Å². The second-order valence-electron chi connectivity index (χ2n) is 3.74. The molecule has 0 unspecified atom stereocenters. The number of aromatic hydroxyl groups is 1. The van der Waals surface area contributed by atoms with Gasteiger partial charge in [0.1, 0.15) is 5.75 Å². The minimum atomic E-state index is -0.0410. The highest BCUT2D eigenvalue weighted by Gasteiger charge is 2.22. The highest BCUT2D eigenvalue weighted by molar-refractivity contribution is 6.56. The number of nitrogens with zero attached hydrogens (tertiary/aromatic N) is 1. The summed E-state index contributed by atoms with van der Waals surface area (Å²) < 4.78 is 0. The molecule has 0 radical (unpaired) electrons. The van der Waals surface area contributed by atoms with Crippen LogP contribution in [0.25, 0.3) is 11.1 Å². The third kappa shape index (κ3) is 2.48. The Morgan fingerprint density at radius 1 is 0.895 bits per heavy atom. The van der Waals surface area contributed by atoms with Gasteiger partial charge >= 0.3 is 0 Å². The van der Waals surface area contributed by atoms with Crippen molar-refractivity contribution in [1.82, 2.24) is 4.98 Å². The lowest BCUT2D eigenvalue weighted by atomic mass is 10.0. The molecular formula is C12H6Cl5NO. The van der Waals surface area contributed by atoms with E-state index in [-0.39, 0.29) is 30.9 Å². The van der Waals surface area contributed by atoms with Crippen LogP contribution in [0.1, 0.15) is 5.69 Å². The molecule has 1 heterocycles. The van der Waals surface area contributed by atoms with Gasteiger partial charge in [0, 0.05) is 17.3 Å². The van der Waals surface area contributed by atoms with E-state index in [2.05, 4.69) is 4.98 Å². The average Bonchev–Trinajstić information content (AvgIpc) is 2.39. The number of aromatic nitrogens is 1. The SMILES string of the molecule is Cc1nccc(-c2c(Cl)c(Cl)c(Cl)c(Cl)c2Cl)c1O. The number of aryl methyl sites for hydroxylation is 1. The second kappa shape index (κ2) is 5.55. The smallest absolute Gasteiger partial charge is 0.144 e. The molecule has 1 aromatic heterocycles. The fourth-order valence-electron chi connectivity index (χ4n) is 1.60. The first-order valence-corrected chi connectivity index (χ1v) is 6.91. The highest BCUT2D eigenvalue weighted by Crippen LogP contribution is 2.49. The first kappa shape index (κ1) is 15.0. The topological polar surface area (TPSA) is 33.1 Å². The van der Waals surface area contributed by atoms with E-state index in [0.29, 0.717) is 16.8 Å². The molecule has 0 atom stereocenters. The van der Waals surface area contributed by atoms with Crippen LogP contribution in [0.2, 0.25) is 25.1 Å². The van der Waals surface area contributed by atoms with Gasteiger partial charge in [-0.3, -0.25) is 4.98 Å². The predicted molar refractivity (Wildman–Crippen MR) is 81.1 cm³/mol. The molecule has 7 heteroatoms. The minimum absolute atomic E-state index is 0.0410. The predicted octanol–water partition coefficient (Wildman–Crippen LogP) is 6.03. The lowest BCUT2D eigenvalue weighted by molar-refractivity contribution is 0.470. The minimum Gasteiger partial charge on any atom is -0.505 e. The van der Waals surface area contributed by atoms with E-state index in [1.165, 1.54) is 6.20 Å². The zero-order chi connectivity index (χ0) is 14.3. The molecule has 0 aliphatic rings. The van der Waals surface area contributed by atoms with Crippen molar-refractivity contribution in [2.24, 2.45) is 0 Å². The van der Waals surface area contributed by atoms with Gasteiger partial charge in [-0.15, -0.1) is 0 Å². The van der Waals surface area contributed by atoms with Crippen LogP contribution in [0, 0.1) is 6.92 Å². The van der Waals surface area contributed by atoms with Gasteiger partial charge in [0.15, 0.2) is 0 Å². The molecule has 0 spiro atoms. The molecule has 0 aliphatic heterocycles. The summed E-state index contributed by atoms with van der Waals surface area (Å²) >= 11 is 30.2. The normalized spacial score (nSPS) is 10.8. The molecule has 2 aromatic rings. The largest absolute Gasteiger partial charge is 0.505 e. The number of pyridine rings is 1. The first-order chi connectivity index (χ1) is 8.86. The number of rotatable bonds is 1. The van der Waals surface area contributed by atoms with E-state index in [4.69, 9.17) is 58.0 Å². The van der Waals surface area contributed by atoms with E-state index < -0.39 is 0 Å². The fourth-order valence-corrected chi connectivity index (χ4v) is 2.94. The van der Waals surface area contributed by atoms with Crippen molar-refractivity contribution in [2.75, 3.05) is 0 Å². The fraction of sp³-hybridized carbons (Fsp3) is 0.0833. The molecule has 0 aliphatic carbocycles. The van der Waals surface area contributed by atoms with Crippen molar-refractivity contribution in [2.45, 2.75) is 6.92 Å². The molecule has 2 rings (SSSR count). The van der Waals surface area contributed by atoms with Gasteiger partial charge in [0.2, 0.25) is 0 Å². The second-order valence-corrected chi connectivity index (χ2v) is 5.63. The quantitative estimate of drug-likeness (QED) is 0.499. The van der Waals surface area contributed by atoms with Crippen molar-refractivity contribution < 1.29 is 5.11 Å². The van der Waals surface area contributed by atoms with Crippen molar-refractivity contribution >= 4 is 58.0 Å². The van der Waals surface area contributed by atoms with Gasteiger partial charge in [0.05, 0.1) is 30.8 Å². The molecule has 0 fully saturated rings. The molecule has 0 bridgehead atoms. The van der Waals surface area contributed by atoms with Crippen LogP contribution < -0.4 is 0 Å². The monoisotopic (exact) mass is 355 g/mol. The van der Waals surface area contributed by atoms with Crippen LogP contribution in [0.4, 0.5) is 0 Å². The van der Waals surface area contributed by atoms with Crippen LogP contribution in [0.3, 0.4) is 0 Å². The average molecular weight is 357 g/mol. The van der Waals surface area contributed by atoms with Crippen molar-refractivity contribution in [3.8, 4) is 16.9 Å². The van der Waals surface area contributed by atoms with Gasteiger partial charge in [-0.1, -0.05) is 58.0 Å². The maximum atomic E-state index is 10.1. The standard InChI is InChI=1S/C12H6Cl5NO/c1-4-12(19)5(2-3-18-4)6-7(13)9(15)11(17)10(16)8(6)14/h2-3,19H,1H3. The lowest BCUT2D eigenvalue weighted by Crippen LogP contribution is -1.90. The van der Waals surface area contributed by atoms with Crippen LogP contribution in [-0.2, 0) is 0 Å². The summed E-state index contributed by atoms with van der Waals surface area (Å²) in [5.41, 5.74) is 1.15. The van der Waals surface area contributed by atoms with Crippen molar-refractivity contribution in [1.29, 1.82) is 0 Å². The molecule has 1 N–H and O–H groups in total. The summed E-state index contributed by atoms with van der Waals surface area (Å²) in [6.45, 7) is 1.65. The zero-order valence-electron chi connectivity index (χ0n) is 9.44. The van der Waals surface area contributed by atoms with Crippen molar-refractivity contribution in [3.05, 3.63) is 43.1 Å². The van der Waals surface area contributed by atoms with Crippen LogP contribution in [0.5, 0.6) is 5.75 Å². The summed E-state index contributed by atoms with van der Waals surface area (Å²) in [6.07, 6.45) is 1.52. The first-order valence-electron chi connectivity index (χ1n) is 5.02. The molecule has 0 saturated carbocycles. The number of benzene rings is 1. The van der Waals surface area contributed by atoms with Crippen LogP contribution in [0.15, 0.2) is 12.3 Å². The lowest BCUT2D eigenvalue weighted by Gasteiger charge is -2.14. The Kier molecular flexibility index (Phi) is 4.38. The van der Waals surface area contributed by atoms with E-state index in [1.54, 1.807) is 13.0 Å². The van der Waals surface area contributed by atoms with E-state index in [0.717, 1.165) is 0 Å². The Morgan fingerprint density at radius 3 is 1.89 bits per heavy atom. The summed E-state index contributed by atoms with van der Waals surface area (Å²) in [5.74, 6) is -0.0410. The van der Waals surface area contributed by atoms with Crippen LogP contribution >= 0.6 is 58.0 Å². The van der Waals surface area contributed by atoms with Gasteiger partial charge in [-0.05, 0) is 13.0 Å². The number of hydrogen-bond donors (Lipinski definition) is 1. The maximum absolute atomic E-state index is 10.1. The third-order valence-electron chi connectivity index (χ3n) is 2.59. The third-order valence-corrected chi connectivity index (χ3v) is 4.86. The summed E-state index contributed by atoms with van der Waals surface area (Å²) in [7, 11) is 0. The molecular weight excluding hydrogens is 351 g/mol. The summed E-state index contributed by atoms with van der Waals surface area (Å²) in [6, 6.07) is 1.57. The molecule has 1 aromatic carbocycles. The van der Waals surface area contributed by atoms with Crippen LogP contribution in [-0.4, -0.2) is 10.1 Å². The Labute approximate surface area is 134 Å². The maximum Gasteiger partial charge on any atom is 0.144 e. The Balaban J connectivity index is 2.87. The van der Waals surface area contributed by atoms with E-state index in [9.17, 15) is 5.11 Å². The Morgan fingerprint density at radius 2 is 1.37 bits per heavy atom. The Hall–Kier alpha value is -0.380. The number of hydrogen-bond acceptors (Lipinski definition) is 2. The summed E-state index contributed by atoms with van der Waals surface area (Å²) in [5, 5.41) is 10.6. The van der Waals surface area contributed by atoms with E-state index in [1.807, 2.05) is 0 Å². The van der Waals surface area contributed by atoms with Gasteiger partial charge in [-0.2, -0.15) is 0 Å². The molecule has 100 valence electrons. The highest BCUT2D eigenvalue weighted by atomic mass is 35.5. The zero-order valence-corrected chi connectivity index (χ0v) is 13.2. The number of halogens is 5. The molecule has 0 amide bonds. The molecule has 19 heavy (non-hydrogen) atoms. The van der Waals surface area contributed by atoms with E-state index >= 15 is 0 Å². The Bertz CT molecular complexity index is 643. The van der Waals surface area contributed by atoms with Gasteiger partial charge in [-0.25, -0.2) is 0 Å². The molecule has 0 saturated heterocycles. The molecule has 2 nitrogen and oxygen atoms in total.